The van der Waals surface area contributed by atoms with Gasteiger partial charge in [-0.2, -0.15) is 0 Å². The molecule has 3 rings (SSSR count). The number of carbonyl (C=O) groups excluding carboxylic acids is 1. The topological polar surface area (TPSA) is 122 Å². The molecule has 2 aromatic carbocycles. The Balaban J connectivity index is 1.99. The molecule has 1 aliphatic rings. The number of nitrogens with zero attached hydrogens (tertiary/aromatic N) is 1. The molecule has 1 amide bonds. The van der Waals surface area contributed by atoms with Gasteiger partial charge in [0.25, 0.3) is 0 Å². The molecule has 0 spiro atoms. The second-order valence-corrected chi connectivity index (χ2v) is 8.92. The third-order valence-corrected chi connectivity index (χ3v) is 6.34. The van der Waals surface area contributed by atoms with Crippen LogP contribution in [-0.2, 0) is 19.6 Å². The van der Waals surface area contributed by atoms with Gasteiger partial charge in [-0.15, -0.1) is 0 Å². The first kappa shape index (κ1) is 22.6. The summed E-state index contributed by atoms with van der Waals surface area (Å²) >= 11 is 0. The minimum absolute atomic E-state index is 0.110. The molecule has 0 aliphatic carbocycles. The first-order valence-electron chi connectivity index (χ1n) is 9.58. The largest absolute Gasteiger partial charge is 0.496 e. The van der Waals surface area contributed by atoms with Crippen molar-refractivity contribution in [3.63, 3.8) is 0 Å². The molecule has 0 saturated heterocycles. The number of ether oxygens (including phenoxy) is 2. The van der Waals surface area contributed by atoms with Crippen molar-refractivity contribution in [2.45, 2.75) is 37.3 Å². The van der Waals surface area contributed by atoms with E-state index in [1.54, 1.807) is 24.3 Å². The van der Waals surface area contributed by atoms with E-state index in [1.165, 1.54) is 37.1 Å². The van der Waals surface area contributed by atoms with Crippen molar-refractivity contribution in [3.05, 3.63) is 48.0 Å². The fourth-order valence-electron chi connectivity index (χ4n) is 3.48. The molecular formula is C21H24N2O7S. The molecular weight excluding hydrogens is 424 g/mol. The normalized spacial score (nSPS) is 16.7. The molecule has 31 heavy (non-hydrogen) atoms. The average Bonchev–Trinajstić information content (AvgIpc) is 2.71. The zero-order chi connectivity index (χ0) is 22.8. The van der Waals surface area contributed by atoms with Crippen LogP contribution in [0.4, 0.5) is 5.69 Å². The van der Waals surface area contributed by atoms with Gasteiger partial charge in [-0.3, -0.25) is 9.59 Å². The molecule has 0 saturated carbocycles. The number of hydrogen-bond acceptors (Lipinski definition) is 6. The number of nitrogens with one attached hydrogen (secondary N) is 1. The van der Waals surface area contributed by atoms with E-state index in [0.29, 0.717) is 29.3 Å². The molecule has 166 valence electrons. The fourth-order valence-corrected chi connectivity index (χ4v) is 4.72. The number of sulfonamides is 1. The number of fused-ring (bicyclic) bond motifs is 1. The minimum Gasteiger partial charge on any atom is -0.496 e. The van der Waals surface area contributed by atoms with Gasteiger partial charge in [-0.25, -0.2) is 13.1 Å². The maximum absolute atomic E-state index is 13.1. The predicted octanol–water partition coefficient (Wildman–Crippen LogP) is 2.32. The van der Waals surface area contributed by atoms with Gasteiger partial charge in [0.2, 0.25) is 15.9 Å². The first-order chi connectivity index (χ1) is 14.6. The van der Waals surface area contributed by atoms with Crippen molar-refractivity contribution in [3.8, 4) is 11.5 Å². The Bertz CT molecular complexity index is 1100. The van der Waals surface area contributed by atoms with Crippen LogP contribution in [0.1, 0.15) is 31.9 Å². The number of aliphatic carboxylic acids is 1. The molecule has 10 heteroatoms. The summed E-state index contributed by atoms with van der Waals surface area (Å²) in [5.74, 6) is -0.641. The SMILES string of the molecule is COc1ccccc1[C@H](CC(=O)O)NS(=O)(=O)c1ccc2c(c1)N(C(C)=O)C[C@@H](C)O2. The van der Waals surface area contributed by atoms with E-state index >= 15 is 0 Å². The van der Waals surface area contributed by atoms with Crippen LogP contribution in [0.2, 0.25) is 0 Å². The van der Waals surface area contributed by atoms with E-state index < -0.39 is 28.5 Å². The fraction of sp³-hybridized carbons (Fsp3) is 0.333. The van der Waals surface area contributed by atoms with Crippen molar-refractivity contribution in [2.24, 2.45) is 0 Å². The summed E-state index contributed by atoms with van der Waals surface area (Å²) in [6, 6.07) is 9.75. The summed E-state index contributed by atoms with van der Waals surface area (Å²) in [5, 5.41) is 9.32. The van der Waals surface area contributed by atoms with Crippen LogP contribution < -0.4 is 19.1 Å². The van der Waals surface area contributed by atoms with Crippen LogP contribution in [0.25, 0.3) is 0 Å². The van der Waals surface area contributed by atoms with Gasteiger partial charge in [-0.05, 0) is 31.2 Å². The molecule has 0 fully saturated rings. The number of methoxy groups -OCH3 is 1. The van der Waals surface area contributed by atoms with Crippen molar-refractivity contribution in [2.75, 3.05) is 18.6 Å². The predicted molar refractivity (Wildman–Crippen MR) is 113 cm³/mol. The quantitative estimate of drug-likeness (QED) is 0.666. The lowest BCUT2D eigenvalue weighted by Gasteiger charge is -2.33. The lowest BCUT2D eigenvalue weighted by molar-refractivity contribution is -0.137. The van der Waals surface area contributed by atoms with Crippen molar-refractivity contribution >= 4 is 27.6 Å². The highest BCUT2D eigenvalue weighted by atomic mass is 32.2. The number of para-hydroxylation sites is 1. The Labute approximate surface area is 180 Å². The van der Waals surface area contributed by atoms with E-state index in [0.717, 1.165) is 0 Å². The van der Waals surface area contributed by atoms with Gasteiger partial charge in [0, 0.05) is 12.5 Å². The lowest BCUT2D eigenvalue weighted by Crippen LogP contribution is -2.41. The Morgan fingerprint density at radius 3 is 2.65 bits per heavy atom. The van der Waals surface area contributed by atoms with Crippen molar-refractivity contribution in [1.82, 2.24) is 4.72 Å². The maximum atomic E-state index is 13.1. The number of carboxylic acid groups (broad SMARTS) is 1. The number of carbonyl (C=O) groups is 2. The second kappa shape index (κ2) is 8.94. The van der Waals surface area contributed by atoms with E-state index in [1.807, 2.05) is 6.92 Å². The van der Waals surface area contributed by atoms with Gasteiger partial charge < -0.3 is 19.5 Å². The van der Waals surface area contributed by atoms with E-state index in [4.69, 9.17) is 9.47 Å². The standard InChI is InChI=1S/C21H24N2O7S/c1-13-12-23(14(2)24)18-10-15(8-9-20(18)30-13)31(27,28)22-17(11-21(25)26)16-6-4-5-7-19(16)29-3/h4-10,13,17,22H,11-12H2,1-3H3,(H,25,26)/t13-,17+/m1/s1. The first-order valence-corrected chi connectivity index (χ1v) is 11.1. The zero-order valence-corrected chi connectivity index (χ0v) is 18.2. The number of rotatable bonds is 7. The zero-order valence-electron chi connectivity index (χ0n) is 17.4. The Hall–Kier alpha value is -3.11. The number of anilines is 1. The number of amides is 1. The maximum Gasteiger partial charge on any atom is 0.305 e. The molecule has 0 bridgehead atoms. The van der Waals surface area contributed by atoms with Gasteiger partial charge in [-0.1, -0.05) is 18.2 Å². The summed E-state index contributed by atoms with van der Waals surface area (Å²) in [4.78, 5) is 24.8. The van der Waals surface area contributed by atoms with Gasteiger partial charge in [0.05, 0.1) is 36.7 Å². The minimum atomic E-state index is -4.14. The lowest BCUT2D eigenvalue weighted by atomic mass is 10.0. The second-order valence-electron chi connectivity index (χ2n) is 7.20. The molecule has 2 aromatic rings. The molecule has 0 unspecified atom stereocenters. The Kier molecular flexibility index (Phi) is 6.51. The third-order valence-electron chi connectivity index (χ3n) is 4.87. The van der Waals surface area contributed by atoms with Gasteiger partial charge in [0.1, 0.15) is 17.6 Å². The smallest absolute Gasteiger partial charge is 0.305 e. The molecule has 1 heterocycles. The van der Waals surface area contributed by atoms with E-state index in [-0.39, 0.29) is 16.9 Å². The summed E-state index contributed by atoms with van der Waals surface area (Å²) in [6.07, 6.45) is -0.715. The van der Waals surface area contributed by atoms with Crippen LogP contribution in [0.3, 0.4) is 0 Å². The summed E-state index contributed by atoms with van der Waals surface area (Å²) in [5.41, 5.74) is 0.747. The van der Waals surface area contributed by atoms with Crippen molar-refractivity contribution < 1.29 is 32.6 Å². The monoisotopic (exact) mass is 448 g/mol. The van der Waals surface area contributed by atoms with Crippen LogP contribution in [0.15, 0.2) is 47.4 Å². The molecule has 1 aliphatic heterocycles. The highest BCUT2D eigenvalue weighted by molar-refractivity contribution is 7.89. The number of carboxylic acids is 1. The third kappa shape index (κ3) is 4.97. The highest BCUT2D eigenvalue weighted by Crippen LogP contribution is 2.36. The van der Waals surface area contributed by atoms with Crippen molar-refractivity contribution in [1.29, 1.82) is 0 Å². The molecule has 9 nitrogen and oxygen atoms in total. The van der Waals surface area contributed by atoms with E-state index in [2.05, 4.69) is 4.72 Å². The van der Waals surface area contributed by atoms with Crippen LogP contribution in [-0.4, -0.2) is 45.2 Å². The summed E-state index contributed by atoms with van der Waals surface area (Å²) in [6.45, 7) is 3.50. The molecule has 2 N–H and O–H groups in total. The summed E-state index contributed by atoms with van der Waals surface area (Å²) in [7, 11) is -2.71. The van der Waals surface area contributed by atoms with Crippen LogP contribution >= 0.6 is 0 Å². The number of hydrogen-bond donors (Lipinski definition) is 2. The van der Waals surface area contributed by atoms with Gasteiger partial charge >= 0.3 is 5.97 Å². The molecule has 2 atom stereocenters. The molecule has 0 aromatic heterocycles. The van der Waals surface area contributed by atoms with Crippen LogP contribution in [0.5, 0.6) is 11.5 Å². The Morgan fingerprint density at radius 1 is 1.29 bits per heavy atom. The van der Waals surface area contributed by atoms with Gasteiger partial charge in [0.15, 0.2) is 0 Å². The Morgan fingerprint density at radius 2 is 2.00 bits per heavy atom. The highest BCUT2D eigenvalue weighted by Gasteiger charge is 2.30. The average molecular weight is 448 g/mol. The number of benzene rings is 2. The van der Waals surface area contributed by atoms with Crippen LogP contribution in [0, 0.1) is 0 Å². The summed E-state index contributed by atoms with van der Waals surface area (Å²) < 4.78 is 39.7. The molecule has 0 radical (unpaired) electrons. The van der Waals surface area contributed by atoms with E-state index in [9.17, 15) is 23.1 Å².